The van der Waals surface area contributed by atoms with Crippen molar-refractivity contribution in [2.45, 2.75) is 6.92 Å². The average molecular weight is 119 g/mol. The summed E-state index contributed by atoms with van der Waals surface area (Å²) in [6.07, 6.45) is 0. The molecule has 0 atom stereocenters. The highest BCUT2D eigenvalue weighted by atomic mass is 16.7. The molecule has 8 heavy (non-hydrogen) atoms. The lowest BCUT2D eigenvalue weighted by Crippen LogP contribution is -2.22. The van der Waals surface area contributed by atoms with E-state index in [4.69, 9.17) is 9.94 Å². The van der Waals surface area contributed by atoms with Crippen molar-refractivity contribution in [1.29, 1.82) is 0 Å². The van der Waals surface area contributed by atoms with Gasteiger partial charge in [-0.2, -0.15) is 5.06 Å². The zero-order valence-corrected chi connectivity index (χ0v) is 5.42. The van der Waals surface area contributed by atoms with Gasteiger partial charge in [0.15, 0.2) is 0 Å². The van der Waals surface area contributed by atoms with Crippen LogP contribution in [0.1, 0.15) is 6.92 Å². The minimum atomic E-state index is 0.149. The average Bonchev–Trinajstić information content (AvgIpc) is 1.68. The Hall–Kier alpha value is -0.120. The maximum absolute atomic E-state index is 8.34. The van der Waals surface area contributed by atoms with E-state index in [1.807, 2.05) is 6.92 Å². The van der Waals surface area contributed by atoms with Crippen molar-refractivity contribution in [3.05, 3.63) is 0 Å². The van der Waals surface area contributed by atoms with Crippen LogP contribution in [0.5, 0.6) is 0 Å². The number of aliphatic hydroxyl groups is 1. The summed E-state index contributed by atoms with van der Waals surface area (Å²) in [5.74, 6) is 0. The molecule has 0 unspecified atom stereocenters. The molecule has 0 saturated heterocycles. The van der Waals surface area contributed by atoms with Crippen molar-refractivity contribution in [1.82, 2.24) is 5.06 Å². The number of likely N-dealkylation sites (N-methyl/N-ethyl adjacent to an activating group) is 1. The first-order valence-electron chi connectivity index (χ1n) is 2.76. The van der Waals surface area contributed by atoms with Gasteiger partial charge in [0.05, 0.1) is 13.2 Å². The summed E-state index contributed by atoms with van der Waals surface area (Å²) in [7, 11) is 1.79. The quantitative estimate of drug-likeness (QED) is 0.523. The molecule has 0 aliphatic carbocycles. The summed E-state index contributed by atoms with van der Waals surface area (Å²) >= 11 is 0. The van der Waals surface area contributed by atoms with Gasteiger partial charge >= 0.3 is 0 Å². The molecule has 3 nitrogen and oxygen atoms in total. The molecule has 0 fully saturated rings. The van der Waals surface area contributed by atoms with Gasteiger partial charge in [0, 0.05) is 13.6 Å². The molecule has 0 radical (unpaired) electrons. The Balaban J connectivity index is 2.92. The second kappa shape index (κ2) is 5.03. The lowest BCUT2D eigenvalue weighted by atomic mass is 10.7. The van der Waals surface area contributed by atoms with Crippen molar-refractivity contribution in [3.8, 4) is 0 Å². The Kier molecular flexibility index (Phi) is 4.95. The van der Waals surface area contributed by atoms with Crippen molar-refractivity contribution < 1.29 is 9.94 Å². The Labute approximate surface area is 49.8 Å². The molecule has 0 heterocycles. The summed E-state index contributed by atoms with van der Waals surface area (Å²) < 4.78 is 0. The number of hydroxylamine groups is 2. The third-order valence-electron chi connectivity index (χ3n) is 0.764. The molecule has 0 aromatic carbocycles. The Bertz CT molecular complexity index is 43.7. The smallest absolute Gasteiger partial charge is 0.0656 e. The van der Waals surface area contributed by atoms with Crippen LogP contribution in [0.25, 0.3) is 0 Å². The molecule has 0 saturated carbocycles. The maximum atomic E-state index is 8.34. The standard InChI is InChI=1S/C5H13NO2/c1-3-8-6(2)4-5-7/h7H,3-5H2,1-2H3. The van der Waals surface area contributed by atoms with Crippen molar-refractivity contribution in [2.75, 3.05) is 26.8 Å². The van der Waals surface area contributed by atoms with E-state index in [0.29, 0.717) is 13.2 Å². The maximum Gasteiger partial charge on any atom is 0.0656 e. The van der Waals surface area contributed by atoms with E-state index in [-0.39, 0.29) is 6.61 Å². The Morgan fingerprint density at radius 1 is 1.62 bits per heavy atom. The van der Waals surface area contributed by atoms with Crippen molar-refractivity contribution in [2.24, 2.45) is 0 Å². The molecule has 50 valence electrons. The third-order valence-corrected chi connectivity index (χ3v) is 0.764. The van der Waals surface area contributed by atoms with Crippen LogP contribution >= 0.6 is 0 Å². The fourth-order valence-electron chi connectivity index (χ4n) is 0.426. The minimum absolute atomic E-state index is 0.149. The minimum Gasteiger partial charge on any atom is -0.395 e. The molecule has 1 N–H and O–H groups in total. The van der Waals surface area contributed by atoms with Crippen LogP contribution in [0.2, 0.25) is 0 Å². The first-order chi connectivity index (χ1) is 3.81. The van der Waals surface area contributed by atoms with Gasteiger partial charge in [-0.25, -0.2) is 0 Å². The first kappa shape index (κ1) is 7.88. The highest BCUT2D eigenvalue weighted by Crippen LogP contribution is 1.80. The summed E-state index contributed by atoms with van der Waals surface area (Å²) in [4.78, 5) is 4.96. The zero-order valence-electron chi connectivity index (χ0n) is 5.42. The fraction of sp³-hybridized carbons (Fsp3) is 1.00. The lowest BCUT2D eigenvalue weighted by Gasteiger charge is -2.12. The van der Waals surface area contributed by atoms with E-state index < -0.39 is 0 Å². The van der Waals surface area contributed by atoms with Crippen LogP contribution in [0, 0.1) is 0 Å². The number of nitrogens with zero attached hydrogens (tertiary/aromatic N) is 1. The van der Waals surface area contributed by atoms with Gasteiger partial charge in [0.25, 0.3) is 0 Å². The van der Waals surface area contributed by atoms with E-state index in [2.05, 4.69) is 0 Å². The number of aliphatic hydroxyl groups excluding tert-OH is 1. The summed E-state index contributed by atoms with van der Waals surface area (Å²) in [6.45, 7) is 3.30. The van der Waals surface area contributed by atoms with Gasteiger partial charge in [-0.1, -0.05) is 0 Å². The van der Waals surface area contributed by atoms with Crippen LogP contribution in [0.4, 0.5) is 0 Å². The van der Waals surface area contributed by atoms with E-state index in [0.717, 1.165) is 0 Å². The Morgan fingerprint density at radius 2 is 2.25 bits per heavy atom. The van der Waals surface area contributed by atoms with Gasteiger partial charge in [0.2, 0.25) is 0 Å². The molecular weight excluding hydrogens is 106 g/mol. The Morgan fingerprint density at radius 3 is 2.62 bits per heavy atom. The largest absolute Gasteiger partial charge is 0.395 e. The first-order valence-corrected chi connectivity index (χ1v) is 2.76. The van der Waals surface area contributed by atoms with Crippen LogP contribution in [0.15, 0.2) is 0 Å². The molecule has 3 heteroatoms. The van der Waals surface area contributed by atoms with Crippen LogP contribution in [-0.4, -0.2) is 37.0 Å². The van der Waals surface area contributed by atoms with E-state index >= 15 is 0 Å². The van der Waals surface area contributed by atoms with Crippen LogP contribution < -0.4 is 0 Å². The van der Waals surface area contributed by atoms with E-state index in [1.54, 1.807) is 12.1 Å². The number of hydrogen-bond acceptors (Lipinski definition) is 3. The van der Waals surface area contributed by atoms with Crippen LogP contribution in [-0.2, 0) is 4.84 Å². The molecule has 0 amide bonds. The van der Waals surface area contributed by atoms with Gasteiger partial charge in [-0.3, -0.25) is 4.84 Å². The van der Waals surface area contributed by atoms with Gasteiger partial charge in [0.1, 0.15) is 0 Å². The third kappa shape index (κ3) is 4.05. The predicted octanol–water partition coefficient (Wildman–Crippen LogP) is -0.138. The SMILES string of the molecule is CCON(C)CCO. The lowest BCUT2D eigenvalue weighted by molar-refractivity contribution is -0.139. The zero-order chi connectivity index (χ0) is 6.41. The molecule has 0 aromatic rings. The summed E-state index contributed by atoms with van der Waals surface area (Å²) in [5.41, 5.74) is 0. The van der Waals surface area contributed by atoms with E-state index in [1.165, 1.54) is 0 Å². The molecule has 0 aromatic heterocycles. The predicted molar refractivity (Wildman–Crippen MR) is 31.3 cm³/mol. The van der Waals surface area contributed by atoms with Crippen molar-refractivity contribution >= 4 is 0 Å². The fourth-order valence-corrected chi connectivity index (χ4v) is 0.426. The molecule has 0 spiro atoms. The van der Waals surface area contributed by atoms with Crippen molar-refractivity contribution in [3.63, 3.8) is 0 Å². The molecule has 0 aliphatic rings. The van der Waals surface area contributed by atoms with E-state index in [9.17, 15) is 0 Å². The molecule has 0 rings (SSSR count). The number of rotatable bonds is 4. The highest BCUT2D eigenvalue weighted by Gasteiger charge is 1.91. The summed E-state index contributed by atoms with van der Waals surface area (Å²) in [5, 5.41) is 9.95. The number of hydrogen-bond donors (Lipinski definition) is 1. The van der Waals surface area contributed by atoms with Crippen LogP contribution in [0.3, 0.4) is 0 Å². The normalized spacial score (nSPS) is 10.5. The molecular formula is C5H13NO2. The van der Waals surface area contributed by atoms with Gasteiger partial charge in [-0.05, 0) is 6.92 Å². The summed E-state index contributed by atoms with van der Waals surface area (Å²) in [6, 6.07) is 0. The van der Waals surface area contributed by atoms with Gasteiger partial charge in [-0.15, -0.1) is 0 Å². The monoisotopic (exact) mass is 119 g/mol. The molecule has 0 bridgehead atoms. The van der Waals surface area contributed by atoms with Gasteiger partial charge < -0.3 is 5.11 Å². The second-order valence-electron chi connectivity index (χ2n) is 1.49. The molecule has 0 aliphatic heterocycles. The second-order valence-corrected chi connectivity index (χ2v) is 1.49. The highest BCUT2D eigenvalue weighted by molar-refractivity contribution is 4.30. The topological polar surface area (TPSA) is 32.7 Å².